The average molecular weight is 229 g/mol. The Bertz CT molecular complexity index is 605. The van der Waals surface area contributed by atoms with E-state index in [-0.39, 0.29) is 17.9 Å². The maximum Gasteiger partial charge on any atom is 0.273 e. The standard InChI is InChI=1S/C13H11NO3/c1-9(15)8-12-11-5-3-2-4-10(11)6-7-13(12)14(16)17/h2-7H,8H2,1H3. The van der Waals surface area contributed by atoms with E-state index in [1.807, 2.05) is 18.2 Å². The van der Waals surface area contributed by atoms with E-state index in [0.717, 1.165) is 10.8 Å². The molecule has 0 atom stereocenters. The van der Waals surface area contributed by atoms with E-state index in [1.54, 1.807) is 12.1 Å². The van der Waals surface area contributed by atoms with Crippen LogP contribution in [0.5, 0.6) is 0 Å². The summed E-state index contributed by atoms with van der Waals surface area (Å²) in [6, 6.07) is 10.5. The minimum atomic E-state index is -0.440. The molecule has 4 heteroatoms. The normalized spacial score (nSPS) is 10.4. The molecule has 0 unspecified atom stereocenters. The highest BCUT2D eigenvalue weighted by atomic mass is 16.6. The van der Waals surface area contributed by atoms with Crippen molar-refractivity contribution in [2.75, 3.05) is 0 Å². The molecule has 2 rings (SSSR count). The number of nitrogens with zero attached hydrogens (tertiary/aromatic N) is 1. The second-order valence-electron chi connectivity index (χ2n) is 3.92. The summed E-state index contributed by atoms with van der Waals surface area (Å²) in [5.41, 5.74) is 0.513. The topological polar surface area (TPSA) is 60.2 Å². The molecular formula is C13H11NO3. The summed E-state index contributed by atoms with van der Waals surface area (Å²) < 4.78 is 0. The van der Waals surface area contributed by atoms with E-state index in [0.29, 0.717) is 5.56 Å². The fourth-order valence-electron chi connectivity index (χ4n) is 1.93. The number of ketones is 1. The highest BCUT2D eigenvalue weighted by Gasteiger charge is 2.17. The van der Waals surface area contributed by atoms with Crippen molar-refractivity contribution < 1.29 is 9.72 Å². The Morgan fingerprint density at radius 2 is 1.94 bits per heavy atom. The molecule has 86 valence electrons. The van der Waals surface area contributed by atoms with Crippen LogP contribution in [-0.2, 0) is 11.2 Å². The van der Waals surface area contributed by atoms with Gasteiger partial charge in [-0.2, -0.15) is 0 Å². The van der Waals surface area contributed by atoms with Crippen LogP contribution in [0.1, 0.15) is 12.5 Å². The summed E-state index contributed by atoms with van der Waals surface area (Å²) in [4.78, 5) is 21.7. The van der Waals surface area contributed by atoms with Crippen LogP contribution in [0.4, 0.5) is 5.69 Å². The molecule has 0 saturated carbocycles. The first-order valence-corrected chi connectivity index (χ1v) is 5.24. The first-order chi connectivity index (χ1) is 8.09. The molecule has 17 heavy (non-hydrogen) atoms. The fraction of sp³-hybridized carbons (Fsp3) is 0.154. The van der Waals surface area contributed by atoms with E-state index in [1.165, 1.54) is 13.0 Å². The number of carbonyl (C=O) groups is 1. The highest BCUT2D eigenvalue weighted by molar-refractivity contribution is 5.93. The van der Waals surface area contributed by atoms with Crippen LogP contribution in [0, 0.1) is 10.1 Å². The van der Waals surface area contributed by atoms with Gasteiger partial charge in [-0.1, -0.05) is 24.3 Å². The van der Waals surface area contributed by atoms with Crippen molar-refractivity contribution in [2.45, 2.75) is 13.3 Å². The predicted molar refractivity (Wildman–Crippen MR) is 65.0 cm³/mol. The zero-order valence-electron chi connectivity index (χ0n) is 9.34. The van der Waals surface area contributed by atoms with Crippen molar-refractivity contribution in [2.24, 2.45) is 0 Å². The number of carbonyl (C=O) groups excluding carboxylic acids is 1. The van der Waals surface area contributed by atoms with Gasteiger partial charge >= 0.3 is 0 Å². The summed E-state index contributed by atoms with van der Waals surface area (Å²) >= 11 is 0. The van der Waals surface area contributed by atoms with Gasteiger partial charge in [0, 0.05) is 18.1 Å². The van der Waals surface area contributed by atoms with Gasteiger partial charge in [-0.05, 0) is 23.8 Å². The summed E-state index contributed by atoms with van der Waals surface area (Å²) in [5.74, 6) is -0.0792. The van der Waals surface area contributed by atoms with Crippen LogP contribution >= 0.6 is 0 Å². The van der Waals surface area contributed by atoms with Crippen LogP contribution in [0.3, 0.4) is 0 Å². The number of nitro groups is 1. The minimum absolute atomic E-state index is 0.0129. The summed E-state index contributed by atoms with van der Waals surface area (Å²) in [6.45, 7) is 1.44. The van der Waals surface area contributed by atoms with E-state index in [4.69, 9.17) is 0 Å². The number of hydrogen-bond acceptors (Lipinski definition) is 3. The van der Waals surface area contributed by atoms with Crippen molar-refractivity contribution in [3.8, 4) is 0 Å². The van der Waals surface area contributed by atoms with Crippen LogP contribution in [0.2, 0.25) is 0 Å². The first-order valence-electron chi connectivity index (χ1n) is 5.24. The zero-order valence-corrected chi connectivity index (χ0v) is 9.34. The van der Waals surface area contributed by atoms with Crippen molar-refractivity contribution in [1.82, 2.24) is 0 Å². The van der Waals surface area contributed by atoms with Gasteiger partial charge in [0.1, 0.15) is 5.78 Å². The lowest BCUT2D eigenvalue weighted by Gasteiger charge is -2.05. The molecule has 0 saturated heterocycles. The lowest BCUT2D eigenvalue weighted by molar-refractivity contribution is -0.385. The van der Waals surface area contributed by atoms with Crippen molar-refractivity contribution in [1.29, 1.82) is 0 Å². The van der Waals surface area contributed by atoms with E-state index in [9.17, 15) is 14.9 Å². The molecule has 0 fully saturated rings. The van der Waals surface area contributed by atoms with Crippen LogP contribution < -0.4 is 0 Å². The SMILES string of the molecule is CC(=O)Cc1c([N+](=O)[O-])ccc2ccccc12. The lowest BCUT2D eigenvalue weighted by Crippen LogP contribution is -2.02. The molecule has 0 N–H and O–H groups in total. The predicted octanol–water partition coefficient (Wildman–Crippen LogP) is 2.88. The fourth-order valence-corrected chi connectivity index (χ4v) is 1.93. The second-order valence-corrected chi connectivity index (χ2v) is 3.92. The summed E-state index contributed by atoms with van der Waals surface area (Å²) in [7, 11) is 0. The van der Waals surface area contributed by atoms with Gasteiger partial charge in [0.15, 0.2) is 0 Å². The molecule has 4 nitrogen and oxygen atoms in total. The van der Waals surface area contributed by atoms with Crippen molar-refractivity contribution >= 4 is 22.2 Å². The van der Waals surface area contributed by atoms with Crippen molar-refractivity contribution in [3.63, 3.8) is 0 Å². The molecule has 0 aliphatic heterocycles. The number of benzene rings is 2. The largest absolute Gasteiger partial charge is 0.300 e. The molecule has 0 aromatic heterocycles. The number of fused-ring (bicyclic) bond motifs is 1. The molecular weight excluding hydrogens is 218 g/mol. The number of nitro benzene ring substituents is 1. The first kappa shape index (κ1) is 11.3. The Labute approximate surface area is 98.0 Å². The molecule has 0 bridgehead atoms. The van der Waals surface area contributed by atoms with Gasteiger partial charge in [0.2, 0.25) is 0 Å². The number of hydrogen-bond donors (Lipinski definition) is 0. The Kier molecular flexibility index (Phi) is 2.87. The third kappa shape index (κ3) is 2.15. The van der Waals surface area contributed by atoms with Gasteiger partial charge in [-0.25, -0.2) is 0 Å². The summed E-state index contributed by atoms with van der Waals surface area (Å²) in [6.07, 6.45) is 0.0949. The molecule has 0 radical (unpaired) electrons. The monoisotopic (exact) mass is 229 g/mol. The van der Waals surface area contributed by atoms with Gasteiger partial charge in [0.05, 0.1) is 4.92 Å². The molecule has 0 aliphatic rings. The molecule has 0 spiro atoms. The van der Waals surface area contributed by atoms with Gasteiger partial charge < -0.3 is 0 Å². The van der Waals surface area contributed by atoms with Gasteiger partial charge in [-0.15, -0.1) is 0 Å². The lowest BCUT2D eigenvalue weighted by atomic mass is 9.99. The molecule has 2 aromatic carbocycles. The summed E-state index contributed by atoms with van der Waals surface area (Å²) in [5, 5.41) is 12.6. The van der Waals surface area contributed by atoms with Crippen LogP contribution in [0.25, 0.3) is 10.8 Å². The Morgan fingerprint density at radius 1 is 1.24 bits per heavy atom. The highest BCUT2D eigenvalue weighted by Crippen LogP contribution is 2.28. The van der Waals surface area contributed by atoms with E-state index in [2.05, 4.69) is 0 Å². The van der Waals surface area contributed by atoms with Crippen molar-refractivity contribution in [3.05, 3.63) is 52.1 Å². The van der Waals surface area contributed by atoms with Gasteiger partial charge in [-0.3, -0.25) is 14.9 Å². The smallest absolute Gasteiger partial charge is 0.273 e. The minimum Gasteiger partial charge on any atom is -0.300 e. The molecule has 0 heterocycles. The second kappa shape index (κ2) is 4.33. The molecule has 2 aromatic rings. The van der Waals surface area contributed by atoms with Gasteiger partial charge in [0.25, 0.3) is 5.69 Å². The Hall–Kier alpha value is -2.23. The third-order valence-corrected chi connectivity index (χ3v) is 2.64. The van der Waals surface area contributed by atoms with Crippen LogP contribution in [0.15, 0.2) is 36.4 Å². The molecule has 0 aliphatic carbocycles. The van der Waals surface area contributed by atoms with Crippen LogP contribution in [-0.4, -0.2) is 10.7 Å². The number of rotatable bonds is 3. The zero-order chi connectivity index (χ0) is 12.4. The number of Topliss-reactive ketones (excluding diaryl/α,β-unsaturated/α-hetero) is 1. The maximum atomic E-state index is 11.2. The average Bonchev–Trinajstić information content (AvgIpc) is 2.28. The quantitative estimate of drug-likeness (QED) is 0.600. The maximum absolute atomic E-state index is 11.2. The Balaban J connectivity index is 2.74. The van der Waals surface area contributed by atoms with E-state index < -0.39 is 4.92 Å². The molecule has 0 amide bonds. The third-order valence-electron chi connectivity index (χ3n) is 2.64. The van der Waals surface area contributed by atoms with E-state index >= 15 is 0 Å². The Morgan fingerprint density at radius 3 is 2.59 bits per heavy atom.